The van der Waals surface area contributed by atoms with E-state index in [4.69, 9.17) is 4.74 Å². The number of fused-ring (bicyclic) bond motifs is 1. The van der Waals surface area contributed by atoms with E-state index in [0.717, 1.165) is 22.4 Å². The molecule has 2 heterocycles. The summed E-state index contributed by atoms with van der Waals surface area (Å²) in [5.41, 5.74) is 2.87. The summed E-state index contributed by atoms with van der Waals surface area (Å²) in [6.07, 6.45) is 1.86. The number of rotatable bonds is 3. The minimum atomic E-state index is -0.101. The highest BCUT2D eigenvalue weighted by molar-refractivity contribution is 7.15. The van der Waals surface area contributed by atoms with Gasteiger partial charge in [0.25, 0.3) is 5.56 Å². The highest BCUT2D eigenvalue weighted by Gasteiger charge is 2.13. The number of hydrogen-bond acceptors (Lipinski definition) is 5. The molecule has 0 amide bonds. The first-order valence-corrected chi connectivity index (χ1v) is 8.58. The Kier molecular flexibility index (Phi) is 3.82. The summed E-state index contributed by atoms with van der Waals surface area (Å²) in [5.74, 6) is 1.36. The third kappa shape index (κ3) is 2.81. The van der Waals surface area contributed by atoms with Crippen LogP contribution in [0, 0.1) is 6.92 Å². The van der Waals surface area contributed by atoms with Crippen molar-refractivity contribution in [1.29, 1.82) is 0 Å². The fourth-order valence-electron chi connectivity index (χ4n) is 2.60. The Balaban J connectivity index is 1.84. The third-order valence-corrected chi connectivity index (χ3v) is 4.93. The average Bonchev–Trinajstić information content (AvgIpc) is 3.17. The number of ether oxygens (including phenoxy) is 1. The molecule has 0 N–H and O–H groups in total. The van der Waals surface area contributed by atoms with Gasteiger partial charge in [0.1, 0.15) is 5.75 Å². The molecule has 5 nitrogen and oxygen atoms in total. The van der Waals surface area contributed by atoms with Crippen molar-refractivity contribution in [3.63, 3.8) is 0 Å². The molecule has 0 aliphatic heterocycles. The zero-order valence-electron chi connectivity index (χ0n) is 13.8. The minimum Gasteiger partial charge on any atom is -0.497 e. The molecule has 4 aromatic rings. The van der Waals surface area contributed by atoms with E-state index in [0.29, 0.717) is 15.3 Å². The van der Waals surface area contributed by atoms with Crippen LogP contribution in [0.3, 0.4) is 0 Å². The molecular formula is C19H15N3O2S. The lowest BCUT2D eigenvalue weighted by Gasteiger charge is -1.98. The van der Waals surface area contributed by atoms with Crippen molar-refractivity contribution in [3.05, 3.63) is 74.5 Å². The van der Waals surface area contributed by atoms with Crippen molar-refractivity contribution < 1.29 is 4.74 Å². The van der Waals surface area contributed by atoms with Gasteiger partial charge in [-0.05, 0) is 30.7 Å². The van der Waals surface area contributed by atoms with Gasteiger partial charge in [-0.2, -0.15) is 0 Å². The molecule has 6 heteroatoms. The fraction of sp³-hybridized carbons (Fsp3) is 0.105. The standard InChI is InChI=1S/C19H15N3O2S/c1-12-3-7-14(8-4-12)17-20-21-19-22(17)18(23)16(25-19)11-13-5-9-15(24-2)10-6-13/h3-11H,1-2H3/b16-11-. The van der Waals surface area contributed by atoms with E-state index in [1.165, 1.54) is 11.3 Å². The van der Waals surface area contributed by atoms with Crippen molar-refractivity contribution in [2.75, 3.05) is 7.11 Å². The highest BCUT2D eigenvalue weighted by Crippen LogP contribution is 2.18. The number of methoxy groups -OCH3 is 1. The number of aromatic nitrogens is 3. The van der Waals surface area contributed by atoms with E-state index in [-0.39, 0.29) is 5.56 Å². The lowest BCUT2D eigenvalue weighted by molar-refractivity contribution is 0.415. The van der Waals surface area contributed by atoms with Crippen LogP contribution in [0.2, 0.25) is 0 Å². The second kappa shape index (κ2) is 6.14. The van der Waals surface area contributed by atoms with Crippen LogP contribution in [0.25, 0.3) is 22.4 Å². The molecule has 25 heavy (non-hydrogen) atoms. The maximum atomic E-state index is 12.8. The predicted molar refractivity (Wildman–Crippen MR) is 99.1 cm³/mol. The van der Waals surface area contributed by atoms with Crippen LogP contribution in [0.5, 0.6) is 5.75 Å². The first kappa shape index (κ1) is 15.5. The van der Waals surface area contributed by atoms with E-state index in [2.05, 4.69) is 10.2 Å². The third-order valence-electron chi connectivity index (χ3n) is 3.97. The Morgan fingerprint density at radius 3 is 2.44 bits per heavy atom. The van der Waals surface area contributed by atoms with Crippen molar-refractivity contribution in [3.8, 4) is 17.1 Å². The van der Waals surface area contributed by atoms with E-state index in [9.17, 15) is 4.79 Å². The van der Waals surface area contributed by atoms with Gasteiger partial charge in [-0.3, -0.25) is 4.79 Å². The zero-order chi connectivity index (χ0) is 17.4. The van der Waals surface area contributed by atoms with Gasteiger partial charge in [0.15, 0.2) is 5.82 Å². The smallest absolute Gasteiger partial charge is 0.276 e. The summed E-state index contributed by atoms with van der Waals surface area (Å²) in [6.45, 7) is 2.02. The quantitative estimate of drug-likeness (QED) is 0.571. The maximum absolute atomic E-state index is 12.8. The first-order valence-electron chi connectivity index (χ1n) is 7.76. The molecule has 2 aromatic heterocycles. The lowest BCUT2D eigenvalue weighted by Crippen LogP contribution is -2.23. The van der Waals surface area contributed by atoms with Crippen LogP contribution in [0.15, 0.2) is 53.3 Å². The van der Waals surface area contributed by atoms with Crippen molar-refractivity contribution in [2.24, 2.45) is 0 Å². The molecule has 0 atom stereocenters. The Bertz CT molecular complexity index is 1140. The minimum absolute atomic E-state index is 0.101. The highest BCUT2D eigenvalue weighted by atomic mass is 32.1. The molecule has 2 aromatic carbocycles. The molecule has 0 saturated heterocycles. The molecule has 0 fully saturated rings. The fourth-order valence-corrected chi connectivity index (χ4v) is 3.52. The summed E-state index contributed by atoms with van der Waals surface area (Å²) >= 11 is 1.34. The summed E-state index contributed by atoms with van der Waals surface area (Å²) in [6, 6.07) is 15.5. The van der Waals surface area contributed by atoms with Gasteiger partial charge < -0.3 is 4.74 Å². The summed E-state index contributed by atoms with van der Waals surface area (Å²) in [7, 11) is 1.63. The second-order valence-electron chi connectivity index (χ2n) is 5.70. The number of thiazole rings is 1. The summed E-state index contributed by atoms with van der Waals surface area (Å²) in [5, 5.41) is 8.34. The zero-order valence-corrected chi connectivity index (χ0v) is 14.6. The van der Waals surface area contributed by atoms with Gasteiger partial charge in [-0.25, -0.2) is 4.40 Å². The molecule has 4 rings (SSSR count). The van der Waals surface area contributed by atoms with E-state index >= 15 is 0 Å². The average molecular weight is 349 g/mol. The number of aryl methyl sites for hydroxylation is 1. The molecule has 0 aliphatic carbocycles. The Morgan fingerprint density at radius 1 is 1.04 bits per heavy atom. The van der Waals surface area contributed by atoms with Gasteiger partial charge in [-0.15, -0.1) is 10.2 Å². The number of nitrogens with zero attached hydrogens (tertiary/aromatic N) is 3. The largest absolute Gasteiger partial charge is 0.497 e. The lowest BCUT2D eigenvalue weighted by atomic mass is 10.1. The van der Waals surface area contributed by atoms with E-state index < -0.39 is 0 Å². The normalized spacial score (nSPS) is 12.0. The van der Waals surface area contributed by atoms with E-state index in [1.54, 1.807) is 11.5 Å². The molecule has 0 aliphatic rings. The summed E-state index contributed by atoms with van der Waals surface area (Å²) in [4.78, 5) is 13.4. The monoisotopic (exact) mass is 349 g/mol. The Labute approximate surface area is 147 Å². The van der Waals surface area contributed by atoms with Gasteiger partial charge in [0.05, 0.1) is 11.6 Å². The predicted octanol–water partition coefficient (Wildman–Crippen LogP) is 2.68. The topological polar surface area (TPSA) is 56.5 Å². The van der Waals surface area contributed by atoms with Crippen molar-refractivity contribution in [1.82, 2.24) is 14.6 Å². The molecule has 0 spiro atoms. The molecule has 0 saturated carbocycles. The Hall–Kier alpha value is -2.99. The van der Waals surface area contributed by atoms with Gasteiger partial charge in [0.2, 0.25) is 4.96 Å². The van der Waals surface area contributed by atoms with Gasteiger partial charge >= 0.3 is 0 Å². The molecule has 0 radical (unpaired) electrons. The van der Waals surface area contributed by atoms with Gasteiger partial charge in [-0.1, -0.05) is 53.3 Å². The number of hydrogen-bond donors (Lipinski definition) is 0. The molecule has 124 valence electrons. The van der Waals surface area contributed by atoms with Crippen molar-refractivity contribution in [2.45, 2.75) is 6.92 Å². The summed E-state index contributed by atoms with van der Waals surface area (Å²) < 4.78 is 7.36. The van der Waals surface area contributed by atoms with E-state index in [1.807, 2.05) is 61.5 Å². The molecular weight excluding hydrogens is 334 g/mol. The SMILES string of the molecule is COc1ccc(/C=c2\sc3nnc(-c4ccc(C)cc4)n3c2=O)cc1. The van der Waals surface area contributed by atoms with Crippen LogP contribution in [0.4, 0.5) is 0 Å². The number of benzene rings is 2. The van der Waals surface area contributed by atoms with Crippen LogP contribution in [0.1, 0.15) is 11.1 Å². The molecule has 0 bridgehead atoms. The van der Waals surface area contributed by atoms with Crippen LogP contribution in [-0.2, 0) is 0 Å². The second-order valence-corrected chi connectivity index (χ2v) is 6.71. The maximum Gasteiger partial charge on any atom is 0.276 e. The van der Waals surface area contributed by atoms with Crippen LogP contribution >= 0.6 is 11.3 Å². The molecule has 0 unspecified atom stereocenters. The Morgan fingerprint density at radius 2 is 1.76 bits per heavy atom. The van der Waals surface area contributed by atoms with Gasteiger partial charge in [0, 0.05) is 5.56 Å². The van der Waals surface area contributed by atoms with Crippen LogP contribution < -0.4 is 14.8 Å². The first-order chi connectivity index (χ1) is 12.2. The van der Waals surface area contributed by atoms with Crippen LogP contribution in [-0.4, -0.2) is 21.7 Å². The van der Waals surface area contributed by atoms with Crippen molar-refractivity contribution >= 4 is 22.4 Å².